The summed E-state index contributed by atoms with van der Waals surface area (Å²) in [5.41, 5.74) is 6.18. The summed E-state index contributed by atoms with van der Waals surface area (Å²) in [4.78, 5) is 23.2. The predicted octanol–water partition coefficient (Wildman–Crippen LogP) is 1.42. The molecule has 6 heteroatoms. The second-order valence-electron chi connectivity index (χ2n) is 4.28. The number of hydrogen-bond donors (Lipinski definition) is 3. The van der Waals surface area contributed by atoms with E-state index in [0.717, 1.165) is 5.69 Å². The molecule has 0 saturated carbocycles. The van der Waals surface area contributed by atoms with Crippen LogP contribution in [0.1, 0.15) is 5.69 Å². The largest absolute Gasteiger partial charge is 0.354 e. The Kier molecular flexibility index (Phi) is 4.39. The molecular weight excluding hydrogens is 256 g/mol. The number of carbonyl (C=O) groups excluding carboxylic acids is 2. The summed E-state index contributed by atoms with van der Waals surface area (Å²) in [6.07, 6.45) is 2.06. The number of hydrazine groups is 1. The smallest absolute Gasteiger partial charge is 0.337 e. The molecule has 0 fully saturated rings. The zero-order chi connectivity index (χ0) is 14.4. The van der Waals surface area contributed by atoms with Gasteiger partial charge < -0.3 is 9.88 Å². The number of urea groups is 1. The Morgan fingerprint density at radius 3 is 2.45 bits per heavy atom. The molecule has 0 atom stereocenters. The fourth-order valence-corrected chi connectivity index (χ4v) is 1.70. The van der Waals surface area contributed by atoms with Crippen molar-refractivity contribution in [3.05, 3.63) is 54.4 Å². The van der Waals surface area contributed by atoms with Crippen LogP contribution in [0.25, 0.3) is 0 Å². The number of aryl methyl sites for hydroxylation is 1. The van der Waals surface area contributed by atoms with E-state index in [1.165, 1.54) is 0 Å². The summed E-state index contributed by atoms with van der Waals surface area (Å²) in [7, 11) is 1.86. The maximum Gasteiger partial charge on any atom is 0.337 e. The van der Waals surface area contributed by atoms with Crippen LogP contribution in [0.15, 0.2) is 48.7 Å². The van der Waals surface area contributed by atoms with Gasteiger partial charge in [-0.25, -0.2) is 10.2 Å². The molecular formula is C14H16N4O2. The Morgan fingerprint density at radius 2 is 1.80 bits per heavy atom. The van der Waals surface area contributed by atoms with Crippen LogP contribution in [0, 0.1) is 0 Å². The molecule has 1 aromatic heterocycles. The van der Waals surface area contributed by atoms with Gasteiger partial charge in [0.25, 0.3) is 0 Å². The fourth-order valence-electron chi connectivity index (χ4n) is 1.70. The van der Waals surface area contributed by atoms with Gasteiger partial charge in [-0.05, 0) is 24.3 Å². The van der Waals surface area contributed by atoms with Gasteiger partial charge in [-0.1, -0.05) is 18.2 Å². The molecule has 0 aliphatic heterocycles. The maximum absolute atomic E-state index is 11.7. The summed E-state index contributed by atoms with van der Waals surface area (Å²) in [6, 6.07) is 12.2. The zero-order valence-electron chi connectivity index (χ0n) is 11.1. The summed E-state index contributed by atoms with van der Waals surface area (Å²) in [6.45, 7) is 0. The van der Waals surface area contributed by atoms with Crippen LogP contribution in [0.2, 0.25) is 0 Å². The van der Waals surface area contributed by atoms with Crippen molar-refractivity contribution in [1.82, 2.24) is 15.4 Å². The average Bonchev–Trinajstić information content (AvgIpc) is 2.83. The molecule has 3 N–H and O–H groups in total. The first-order chi connectivity index (χ1) is 9.65. The number of anilines is 1. The number of rotatable bonds is 3. The van der Waals surface area contributed by atoms with Crippen molar-refractivity contribution in [2.24, 2.45) is 7.05 Å². The van der Waals surface area contributed by atoms with E-state index < -0.39 is 6.03 Å². The first kappa shape index (κ1) is 13.7. The fraction of sp³-hybridized carbons (Fsp3) is 0.143. The highest BCUT2D eigenvalue weighted by Crippen LogP contribution is 2.04. The Hall–Kier alpha value is -2.76. The highest BCUT2D eigenvalue weighted by atomic mass is 16.2. The third-order valence-electron chi connectivity index (χ3n) is 2.74. The number of aromatic nitrogens is 1. The Bertz CT molecular complexity index is 592. The molecule has 1 aromatic carbocycles. The minimum atomic E-state index is -0.489. The summed E-state index contributed by atoms with van der Waals surface area (Å²) in [5.74, 6) is -0.282. The summed E-state index contributed by atoms with van der Waals surface area (Å²) in [5, 5.41) is 2.60. The van der Waals surface area contributed by atoms with Gasteiger partial charge in [0.2, 0.25) is 5.91 Å². The first-order valence-corrected chi connectivity index (χ1v) is 6.16. The van der Waals surface area contributed by atoms with Crippen LogP contribution in [-0.4, -0.2) is 16.5 Å². The summed E-state index contributed by atoms with van der Waals surface area (Å²) < 4.78 is 1.85. The molecule has 2 aromatic rings. The number of para-hydroxylation sites is 1. The second kappa shape index (κ2) is 6.42. The lowest BCUT2D eigenvalue weighted by molar-refractivity contribution is -0.121. The molecule has 1 heterocycles. The van der Waals surface area contributed by atoms with Gasteiger partial charge in [-0.15, -0.1) is 0 Å². The molecule has 0 saturated heterocycles. The van der Waals surface area contributed by atoms with E-state index in [-0.39, 0.29) is 12.3 Å². The standard InChI is InChI=1S/C14H16N4O2/c1-18-9-5-8-12(18)10-13(19)16-17-14(20)15-11-6-3-2-4-7-11/h2-9H,10H2,1H3,(H,16,19)(H2,15,17,20). The number of nitrogens with zero attached hydrogens (tertiary/aromatic N) is 1. The zero-order valence-corrected chi connectivity index (χ0v) is 11.1. The third kappa shape index (κ3) is 3.88. The first-order valence-electron chi connectivity index (χ1n) is 6.16. The number of carbonyl (C=O) groups is 2. The predicted molar refractivity (Wildman–Crippen MR) is 75.9 cm³/mol. The van der Waals surface area contributed by atoms with Gasteiger partial charge in [0.05, 0.1) is 6.42 Å². The molecule has 0 aliphatic carbocycles. The minimum Gasteiger partial charge on any atom is -0.354 e. The van der Waals surface area contributed by atoms with Crippen LogP contribution in [0.4, 0.5) is 10.5 Å². The normalized spacial score (nSPS) is 9.85. The quantitative estimate of drug-likeness (QED) is 0.739. The minimum absolute atomic E-state index is 0.203. The molecule has 3 amide bonds. The van der Waals surface area contributed by atoms with Crippen molar-refractivity contribution in [1.29, 1.82) is 0 Å². The number of hydrogen-bond acceptors (Lipinski definition) is 2. The lowest BCUT2D eigenvalue weighted by atomic mass is 10.3. The van der Waals surface area contributed by atoms with Crippen molar-refractivity contribution in [2.45, 2.75) is 6.42 Å². The lowest BCUT2D eigenvalue weighted by Crippen LogP contribution is -2.44. The Balaban J connectivity index is 1.76. The van der Waals surface area contributed by atoms with Gasteiger partial charge in [0, 0.05) is 24.6 Å². The van der Waals surface area contributed by atoms with E-state index in [2.05, 4.69) is 16.2 Å². The highest BCUT2D eigenvalue weighted by Gasteiger charge is 2.07. The number of nitrogens with one attached hydrogen (secondary N) is 3. The third-order valence-corrected chi connectivity index (χ3v) is 2.74. The van der Waals surface area contributed by atoms with Gasteiger partial charge in [-0.2, -0.15) is 0 Å². The van der Waals surface area contributed by atoms with Crippen LogP contribution < -0.4 is 16.2 Å². The topological polar surface area (TPSA) is 75.2 Å². The summed E-state index contributed by atoms with van der Waals surface area (Å²) >= 11 is 0. The maximum atomic E-state index is 11.7. The molecule has 0 bridgehead atoms. The SMILES string of the molecule is Cn1cccc1CC(=O)NNC(=O)Nc1ccccc1. The van der Waals surface area contributed by atoms with E-state index in [9.17, 15) is 9.59 Å². The number of benzene rings is 1. The van der Waals surface area contributed by atoms with E-state index in [1.54, 1.807) is 12.1 Å². The average molecular weight is 272 g/mol. The van der Waals surface area contributed by atoms with Crippen molar-refractivity contribution in [3.8, 4) is 0 Å². The molecule has 0 radical (unpaired) electrons. The van der Waals surface area contributed by atoms with Gasteiger partial charge in [-0.3, -0.25) is 10.2 Å². The van der Waals surface area contributed by atoms with Crippen molar-refractivity contribution in [3.63, 3.8) is 0 Å². The van der Waals surface area contributed by atoms with Gasteiger partial charge in [0.1, 0.15) is 0 Å². The van der Waals surface area contributed by atoms with E-state index in [4.69, 9.17) is 0 Å². The Labute approximate surface area is 116 Å². The monoisotopic (exact) mass is 272 g/mol. The van der Waals surface area contributed by atoms with E-state index in [1.807, 2.05) is 48.1 Å². The molecule has 0 aliphatic rings. The van der Waals surface area contributed by atoms with Crippen molar-refractivity contribution >= 4 is 17.6 Å². The van der Waals surface area contributed by atoms with Crippen molar-refractivity contribution < 1.29 is 9.59 Å². The molecule has 0 spiro atoms. The van der Waals surface area contributed by atoms with E-state index >= 15 is 0 Å². The van der Waals surface area contributed by atoms with Crippen LogP contribution in [0.5, 0.6) is 0 Å². The van der Waals surface area contributed by atoms with Crippen LogP contribution >= 0.6 is 0 Å². The molecule has 0 unspecified atom stereocenters. The van der Waals surface area contributed by atoms with Crippen molar-refractivity contribution in [2.75, 3.05) is 5.32 Å². The molecule has 2 rings (SSSR count). The molecule has 104 valence electrons. The lowest BCUT2D eigenvalue weighted by Gasteiger charge is -2.09. The van der Waals surface area contributed by atoms with Crippen LogP contribution in [0.3, 0.4) is 0 Å². The van der Waals surface area contributed by atoms with Crippen LogP contribution in [-0.2, 0) is 18.3 Å². The highest BCUT2D eigenvalue weighted by molar-refractivity contribution is 5.91. The van der Waals surface area contributed by atoms with Gasteiger partial charge >= 0.3 is 6.03 Å². The second-order valence-corrected chi connectivity index (χ2v) is 4.28. The molecule has 20 heavy (non-hydrogen) atoms. The van der Waals surface area contributed by atoms with E-state index in [0.29, 0.717) is 5.69 Å². The molecule has 6 nitrogen and oxygen atoms in total. The Morgan fingerprint density at radius 1 is 1.05 bits per heavy atom. The van der Waals surface area contributed by atoms with Gasteiger partial charge in [0.15, 0.2) is 0 Å². The number of amides is 3.